The zero-order valence-corrected chi connectivity index (χ0v) is 11.5. The third kappa shape index (κ3) is 2.73. The lowest BCUT2D eigenvalue weighted by Gasteiger charge is -2.27. The lowest BCUT2D eigenvalue weighted by atomic mass is 10.0. The molecular formula is C16H15NO4. The van der Waals surface area contributed by atoms with E-state index in [1.165, 1.54) is 0 Å². The zero-order valence-electron chi connectivity index (χ0n) is 11.5. The van der Waals surface area contributed by atoms with Crippen molar-refractivity contribution < 1.29 is 18.7 Å². The van der Waals surface area contributed by atoms with Crippen molar-refractivity contribution in [2.24, 2.45) is 0 Å². The normalized spacial score (nSPS) is 15.0. The smallest absolute Gasteiger partial charge is 0.254 e. The van der Waals surface area contributed by atoms with Gasteiger partial charge in [-0.3, -0.25) is 9.59 Å². The number of nitrogens with zero attached hydrogens (tertiary/aromatic N) is 1. The molecule has 1 amide bonds. The van der Waals surface area contributed by atoms with Crippen molar-refractivity contribution in [2.75, 3.05) is 26.3 Å². The minimum atomic E-state index is -0.0436. The van der Waals surface area contributed by atoms with Crippen molar-refractivity contribution in [1.82, 2.24) is 4.90 Å². The van der Waals surface area contributed by atoms with Crippen LogP contribution in [0, 0.1) is 0 Å². The fraction of sp³-hybridized carbons (Fsp3) is 0.250. The SMILES string of the molecule is O=Cc1ccc(-c2ccccc2C(=O)N2CCOCC2)o1. The molecule has 0 N–H and O–H groups in total. The Labute approximate surface area is 122 Å². The van der Waals surface area contributed by atoms with Gasteiger partial charge in [0.2, 0.25) is 0 Å². The Morgan fingerprint density at radius 3 is 2.57 bits per heavy atom. The van der Waals surface area contributed by atoms with Gasteiger partial charge in [-0.15, -0.1) is 0 Å². The molecule has 0 unspecified atom stereocenters. The average molecular weight is 285 g/mol. The minimum Gasteiger partial charge on any atom is -0.453 e. The molecule has 0 aliphatic carbocycles. The van der Waals surface area contributed by atoms with E-state index in [0.717, 1.165) is 0 Å². The second-order valence-electron chi connectivity index (χ2n) is 4.77. The largest absolute Gasteiger partial charge is 0.453 e. The number of hydrogen-bond acceptors (Lipinski definition) is 4. The van der Waals surface area contributed by atoms with E-state index < -0.39 is 0 Å². The Balaban J connectivity index is 1.95. The monoisotopic (exact) mass is 285 g/mol. The molecule has 3 rings (SSSR count). The summed E-state index contributed by atoms with van der Waals surface area (Å²) in [5.41, 5.74) is 1.27. The maximum atomic E-state index is 12.6. The van der Waals surface area contributed by atoms with Gasteiger partial charge in [0, 0.05) is 18.7 Å². The number of ether oxygens (including phenoxy) is 1. The van der Waals surface area contributed by atoms with Gasteiger partial charge >= 0.3 is 0 Å². The van der Waals surface area contributed by atoms with Gasteiger partial charge in [0.1, 0.15) is 5.76 Å². The van der Waals surface area contributed by atoms with E-state index >= 15 is 0 Å². The van der Waals surface area contributed by atoms with Crippen LogP contribution in [0.15, 0.2) is 40.8 Å². The number of rotatable bonds is 3. The minimum absolute atomic E-state index is 0.0436. The topological polar surface area (TPSA) is 59.8 Å². The van der Waals surface area contributed by atoms with Crippen molar-refractivity contribution >= 4 is 12.2 Å². The van der Waals surface area contributed by atoms with Crippen molar-refractivity contribution in [3.05, 3.63) is 47.7 Å². The zero-order chi connectivity index (χ0) is 14.7. The van der Waals surface area contributed by atoms with Gasteiger partial charge in [-0.2, -0.15) is 0 Å². The quantitative estimate of drug-likeness (QED) is 0.811. The first-order chi connectivity index (χ1) is 10.3. The van der Waals surface area contributed by atoms with Crippen LogP contribution < -0.4 is 0 Å². The number of aldehydes is 1. The van der Waals surface area contributed by atoms with Crippen LogP contribution in [-0.4, -0.2) is 43.4 Å². The molecule has 2 aromatic rings. The number of carbonyl (C=O) groups excluding carboxylic acids is 2. The van der Waals surface area contributed by atoms with Crippen LogP contribution in [0.2, 0.25) is 0 Å². The average Bonchev–Trinajstić information content (AvgIpc) is 3.04. The lowest BCUT2D eigenvalue weighted by molar-refractivity contribution is 0.0303. The molecule has 108 valence electrons. The van der Waals surface area contributed by atoms with Crippen molar-refractivity contribution in [1.29, 1.82) is 0 Å². The van der Waals surface area contributed by atoms with Gasteiger partial charge < -0.3 is 14.1 Å². The predicted octanol–water partition coefficient (Wildman–Crippen LogP) is 2.23. The predicted molar refractivity (Wildman–Crippen MR) is 76.3 cm³/mol. The van der Waals surface area contributed by atoms with E-state index in [4.69, 9.17) is 9.15 Å². The van der Waals surface area contributed by atoms with Crippen LogP contribution in [0.4, 0.5) is 0 Å². The van der Waals surface area contributed by atoms with E-state index in [2.05, 4.69) is 0 Å². The molecule has 0 radical (unpaired) electrons. The Kier molecular flexibility index (Phi) is 3.83. The number of morpholine rings is 1. The first-order valence-corrected chi connectivity index (χ1v) is 6.81. The summed E-state index contributed by atoms with van der Waals surface area (Å²) in [6.45, 7) is 2.30. The molecule has 0 bridgehead atoms. The van der Waals surface area contributed by atoms with Crippen molar-refractivity contribution in [3.8, 4) is 11.3 Å². The van der Waals surface area contributed by atoms with Crippen LogP contribution in [0.5, 0.6) is 0 Å². The summed E-state index contributed by atoms with van der Waals surface area (Å²) in [7, 11) is 0. The number of furan rings is 1. The molecule has 1 aliphatic heterocycles. The molecule has 5 nitrogen and oxygen atoms in total. The van der Waals surface area contributed by atoms with Gasteiger partial charge in [0.15, 0.2) is 12.0 Å². The summed E-state index contributed by atoms with van der Waals surface area (Å²) in [4.78, 5) is 25.1. The standard InChI is InChI=1S/C16H15NO4/c18-11-12-5-6-15(21-12)13-3-1-2-4-14(13)16(19)17-7-9-20-10-8-17/h1-6,11H,7-10H2. The Morgan fingerprint density at radius 1 is 1.10 bits per heavy atom. The van der Waals surface area contributed by atoms with Crippen molar-refractivity contribution in [2.45, 2.75) is 0 Å². The number of amides is 1. The molecule has 1 saturated heterocycles. The third-order valence-corrected chi connectivity index (χ3v) is 3.46. The fourth-order valence-corrected chi connectivity index (χ4v) is 2.38. The van der Waals surface area contributed by atoms with E-state index in [0.29, 0.717) is 49.5 Å². The molecule has 1 aliphatic rings. The molecule has 2 heterocycles. The van der Waals surface area contributed by atoms with Gasteiger partial charge in [-0.25, -0.2) is 0 Å². The van der Waals surface area contributed by atoms with E-state index in [1.54, 1.807) is 23.1 Å². The van der Waals surface area contributed by atoms with Gasteiger partial charge in [0.05, 0.1) is 18.8 Å². The molecular weight excluding hydrogens is 270 g/mol. The van der Waals surface area contributed by atoms with Gasteiger partial charge in [0.25, 0.3) is 5.91 Å². The summed E-state index contributed by atoms with van der Waals surface area (Å²) >= 11 is 0. The summed E-state index contributed by atoms with van der Waals surface area (Å²) in [5.74, 6) is 0.728. The highest BCUT2D eigenvalue weighted by Crippen LogP contribution is 2.26. The molecule has 1 aromatic carbocycles. The number of hydrogen-bond donors (Lipinski definition) is 0. The highest BCUT2D eigenvalue weighted by atomic mass is 16.5. The third-order valence-electron chi connectivity index (χ3n) is 3.46. The molecule has 0 spiro atoms. The van der Waals surface area contributed by atoms with Crippen LogP contribution in [0.25, 0.3) is 11.3 Å². The molecule has 5 heteroatoms. The summed E-state index contributed by atoms with van der Waals surface area (Å²) in [5, 5.41) is 0. The molecule has 0 saturated carbocycles. The Bertz CT molecular complexity index is 656. The maximum absolute atomic E-state index is 12.6. The number of carbonyl (C=O) groups is 2. The second-order valence-corrected chi connectivity index (χ2v) is 4.77. The first kappa shape index (κ1) is 13.6. The lowest BCUT2D eigenvalue weighted by Crippen LogP contribution is -2.40. The maximum Gasteiger partial charge on any atom is 0.254 e. The van der Waals surface area contributed by atoms with E-state index in [9.17, 15) is 9.59 Å². The fourth-order valence-electron chi connectivity index (χ4n) is 2.38. The van der Waals surface area contributed by atoms with Crippen LogP contribution in [0.3, 0.4) is 0 Å². The molecule has 1 fully saturated rings. The first-order valence-electron chi connectivity index (χ1n) is 6.81. The second kappa shape index (κ2) is 5.93. The number of benzene rings is 1. The van der Waals surface area contributed by atoms with Crippen molar-refractivity contribution in [3.63, 3.8) is 0 Å². The van der Waals surface area contributed by atoms with Gasteiger partial charge in [-0.1, -0.05) is 18.2 Å². The molecule has 0 atom stereocenters. The summed E-state index contributed by atoms with van der Waals surface area (Å²) in [6.07, 6.45) is 0.649. The van der Waals surface area contributed by atoms with E-state index in [1.807, 2.05) is 18.2 Å². The van der Waals surface area contributed by atoms with E-state index in [-0.39, 0.29) is 11.7 Å². The Morgan fingerprint density at radius 2 is 1.86 bits per heavy atom. The highest BCUT2D eigenvalue weighted by molar-refractivity contribution is 6.00. The highest BCUT2D eigenvalue weighted by Gasteiger charge is 2.22. The summed E-state index contributed by atoms with van der Waals surface area (Å²) < 4.78 is 10.7. The van der Waals surface area contributed by atoms with Crippen LogP contribution in [0.1, 0.15) is 20.9 Å². The molecule has 1 aromatic heterocycles. The summed E-state index contributed by atoms with van der Waals surface area (Å²) in [6, 6.07) is 10.6. The molecule has 21 heavy (non-hydrogen) atoms. The van der Waals surface area contributed by atoms with Crippen LogP contribution in [-0.2, 0) is 4.74 Å². The Hall–Kier alpha value is -2.40. The van der Waals surface area contributed by atoms with Crippen LogP contribution >= 0.6 is 0 Å². The van der Waals surface area contributed by atoms with Gasteiger partial charge in [-0.05, 0) is 18.2 Å².